The van der Waals surface area contributed by atoms with Gasteiger partial charge in [-0.05, 0) is 36.8 Å². The molecule has 4 rings (SSSR count). The number of ether oxygens (including phenoxy) is 2. The van der Waals surface area contributed by atoms with Gasteiger partial charge in [-0.2, -0.15) is 5.26 Å². The molecule has 9 nitrogen and oxygen atoms in total. The van der Waals surface area contributed by atoms with Crippen LogP contribution < -0.4 is 14.8 Å². The van der Waals surface area contributed by atoms with Crippen LogP contribution in [-0.4, -0.2) is 84.5 Å². The molecule has 1 aliphatic heterocycles. The maximum Gasteiger partial charge on any atom is 0.163 e. The summed E-state index contributed by atoms with van der Waals surface area (Å²) in [5, 5.41) is 22.2. The summed E-state index contributed by atoms with van der Waals surface area (Å²) in [7, 11) is 1.62. The number of methoxy groups -OCH3 is 1. The van der Waals surface area contributed by atoms with Crippen molar-refractivity contribution >= 4 is 22.4 Å². The summed E-state index contributed by atoms with van der Waals surface area (Å²) in [6.07, 6.45) is 2.43. The number of benzene rings is 2. The highest BCUT2D eigenvalue weighted by Crippen LogP contribution is 2.34. The number of nitrogens with one attached hydrogen (secondary N) is 1. The lowest BCUT2D eigenvalue weighted by Crippen LogP contribution is -2.47. The van der Waals surface area contributed by atoms with Crippen molar-refractivity contribution in [3.8, 4) is 17.6 Å². The van der Waals surface area contributed by atoms with E-state index >= 15 is 0 Å². The molecule has 0 amide bonds. The van der Waals surface area contributed by atoms with Gasteiger partial charge in [0.1, 0.15) is 12.1 Å². The van der Waals surface area contributed by atoms with Gasteiger partial charge in [-0.1, -0.05) is 0 Å². The number of aliphatic hydroxyl groups is 1. The van der Waals surface area contributed by atoms with Gasteiger partial charge in [-0.3, -0.25) is 4.90 Å². The Bertz CT molecular complexity index is 1120. The molecule has 2 aromatic carbocycles. The van der Waals surface area contributed by atoms with E-state index in [-0.39, 0.29) is 6.61 Å². The van der Waals surface area contributed by atoms with Crippen LogP contribution in [0.15, 0.2) is 42.7 Å². The molecule has 1 aromatic heterocycles. The van der Waals surface area contributed by atoms with Gasteiger partial charge in [-0.15, -0.1) is 0 Å². The largest absolute Gasteiger partial charge is 0.493 e. The topological polar surface area (TPSA) is 107 Å². The highest BCUT2D eigenvalue weighted by atomic mass is 16.5. The molecule has 178 valence electrons. The van der Waals surface area contributed by atoms with Crippen molar-refractivity contribution < 1.29 is 14.6 Å². The van der Waals surface area contributed by atoms with Crippen molar-refractivity contribution in [2.75, 3.05) is 64.9 Å². The van der Waals surface area contributed by atoms with Crippen LogP contribution in [0.2, 0.25) is 0 Å². The molecule has 2 heterocycles. The second-order valence-electron chi connectivity index (χ2n) is 8.17. The van der Waals surface area contributed by atoms with Crippen LogP contribution in [0.25, 0.3) is 10.9 Å². The fourth-order valence-corrected chi connectivity index (χ4v) is 4.05. The van der Waals surface area contributed by atoms with E-state index in [1.165, 1.54) is 6.33 Å². The smallest absolute Gasteiger partial charge is 0.163 e. The summed E-state index contributed by atoms with van der Waals surface area (Å²) in [5.41, 5.74) is 2.18. The van der Waals surface area contributed by atoms with Gasteiger partial charge in [0.15, 0.2) is 11.5 Å². The predicted octanol–water partition coefficient (Wildman–Crippen LogP) is 2.63. The minimum atomic E-state index is 0.222. The van der Waals surface area contributed by atoms with E-state index in [1.807, 2.05) is 24.3 Å². The van der Waals surface area contributed by atoms with Crippen LogP contribution in [0.4, 0.5) is 11.5 Å². The Hall–Kier alpha value is -3.45. The fourth-order valence-electron chi connectivity index (χ4n) is 4.05. The Morgan fingerprint density at radius 2 is 1.76 bits per heavy atom. The van der Waals surface area contributed by atoms with E-state index in [9.17, 15) is 0 Å². The Balaban J connectivity index is 1.38. The highest BCUT2D eigenvalue weighted by Gasteiger charge is 2.16. The van der Waals surface area contributed by atoms with Crippen molar-refractivity contribution in [1.29, 1.82) is 5.26 Å². The van der Waals surface area contributed by atoms with Crippen molar-refractivity contribution in [3.05, 3.63) is 48.3 Å². The molecule has 34 heavy (non-hydrogen) atoms. The first-order chi connectivity index (χ1) is 16.7. The molecule has 3 aromatic rings. The number of fused-ring (bicyclic) bond motifs is 1. The molecule has 0 atom stereocenters. The Kier molecular flexibility index (Phi) is 8.09. The molecule has 0 radical (unpaired) electrons. The van der Waals surface area contributed by atoms with E-state index in [0.717, 1.165) is 62.3 Å². The number of rotatable bonds is 10. The molecule has 0 unspecified atom stereocenters. The zero-order valence-electron chi connectivity index (χ0n) is 19.4. The molecule has 0 spiro atoms. The minimum Gasteiger partial charge on any atom is -0.493 e. The first kappa shape index (κ1) is 23.7. The van der Waals surface area contributed by atoms with E-state index in [2.05, 4.69) is 31.2 Å². The number of anilines is 2. The number of nitrogens with zero attached hydrogens (tertiary/aromatic N) is 5. The van der Waals surface area contributed by atoms with Gasteiger partial charge in [0.2, 0.25) is 0 Å². The quantitative estimate of drug-likeness (QED) is 0.440. The SMILES string of the molecule is COc1cc2c(Nc3ccc(C#N)cc3)ncnc2cc1OCCCN1CCN(CCO)CC1. The van der Waals surface area contributed by atoms with Crippen molar-refractivity contribution in [3.63, 3.8) is 0 Å². The number of piperazine rings is 1. The lowest BCUT2D eigenvalue weighted by atomic mass is 10.2. The van der Waals surface area contributed by atoms with Crippen molar-refractivity contribution in [2.45, 2.75) is 6.42 Å². The van der Waals surface area contributed by atoms with Crippen LogP contribution in [-0.2, 0) is 0 Å². The highest BCUT2D eigenvalue weighted by molar-refractivity contribution is 5.93. The fraction of sp³-hybridized carbons (Fsp3) is 0.400. The molecule has 1 saturated heterocycles. The number of hydrogen-bond acceptors (Lipinski definition) is 9. The molecule has 2 N–H and O–H groups in total. The standard InChI is InChI=1S/C25H30N6O3/c1-33-23-15-21-22(27-18-28-25(21)29-20-5-3-19(17-26)4-6-20)16-24(23)34-14-2-7-30-8-10-31(11-9-30)12-13-32/h3-6,15-16,18,32H,2,7-14H2,1H3,(H,27,28,29). The minimum absolute atomic E-state index is 0.222. The average molecular weight is 463 g/mol. The van der Waals surface area contributed by atoms with Gasteiger partial charge in [0, 0.05) is 56.4 Å². The number of aliphatic hydroxyl groups excluding tert-OH is 1. The maximum atomic E-state index is 9.07. The first-order valence-corrected chi connectivity index (χ1v) is 11.5. The molecular weight excluding hydrogens is 432 g/mol. The van der Waals surface area contributed by atoms with Crippen LogP contribution >= 0.6 is 0 Å². The number of nitriles is 1. The zero-order chi connectivity index (χ0) is 23.8. The number of aromatic nitrogens is 2. The lowest BCUT2D eigenvalue weighted by molar-refractivity contribution is 0.108. The normalized spacial score (nSPS) is 14.6. The third kappa shape index (κ3) is 5.91. The lowest BCUT2D eigenvalue weighted by Gasteiger charge is -2.34. The molecule has 1 fully saturated rings. The summed E-state index contributed by atoms with van der Waals surface area (Å²) in [4.78, 5) is 13.5. The van der Waals surface area contributed by atoms with E-state index in [1.54, 1.807) is 19.2 Å². The van der Waals surface area contributed by atoms with Crippen molar-refractivity contribution in [2.24, 2.45) is 0 Å². The summed E-state index contributed by atoms with van der Waals surface area (Å²) in [6.45, 7) is 6.57. The van der Waals surface area contributed by atoms with Crippen LogP contribution in [0, 0.1) is 11.3 Å². The van der Waals surface area contributed by atoms with Gasteiger partial charge in [0.05, 0.1) is 37.5 Å². The van der Waals surface area contributed by atoms with E-state index in [4.69, 9.17) is 19.8 Å². The third-order valence-corrected chi connectivity index (χ3v) is 5.95. The van der Waals surface area contributed by atoms with Gasteiger partial charge >= 0.3 is 0 Å². The van der Waals surface area contributed by atoms with Crippen LogP contribution in [0.5, 0.6) is 11.5 Å². The van der Waals surface area contributed by atoms with Crippen LogP contribution in [0.3, 0.4) is 0 Å². The number of β-amino-alcohol motifs (C(OH)–C–C–N with tert-alkyl or cyclic N) is 1. The number of hydrogen-bond donors (Lipinski definition) is 2. The van der Waals surface area contributed by atoms with Crippen LogP contribution in [0.1, 0.15) is 12.0 Å². The van der Waals surface area contributed by atoms with Crippen molar-refractivity contribution in [1.82, 2.24) is 19.8 Å². The molecule has 0 aliphatic carbocycles. The predicted molar refractivity (Wildman–Crippen MR) is 131 cm³/mol. The molecule has 9 heteroatoms. The Labute approximate surface area is 199 Å². The summed E-state index contributed by atoms with van der Waals surface area (Å²) >= 11 is 0. The van der Waals surface area contributed by atoms with Gasteiger partial charge in [0.25, 0.3) is 0 Å². The average Bonchev–Trinajstić information content (AvgIpc) is 2.88. The Morgan fingerprint density at radius 1 is 1.03 bits per heavy atom. The van der Waals surface area contributed by atoms with Gasteiger partial charge in [-0.25, -0.2) is 9.97 Å². The third-order valence-electron chi connectivity index (χ3n) is 5.95. The Morgan fingerprint density at radius 3 is 2.44 bits per heavy atom. The molecule has 0 saturated carbocycles. The second kappa shape index (κ2) is 11.6. The monoisotopic (exact) mass is 462 g/mol. The summed E-state index contributed by atoms with van der Waals surface area (Å²) < 4.78 is 11.7. The molecule has 1 aliphatic rings. The molecular formula is C25H30N6O3. The van der Waals surface area contributed by atoms with E-state index in [0.29, 0.717) is 29.5 Å². The second-order valence-corrected chi connectivity index (χ2v) is 8.17. The van der Waals surface area contributed by atoms with E-state index < -0.39 is 0 Å². The summed E-state index contributed by atoms with van der Waals surface area (Å²) in [5.74, 6) is 1.94. The molecule has 0 bridgehead atoms. The summed E-state index contributed by atoms with van der Waals surface area (Å²) in [6, 6.07) is 13.1. The maximum absolute atomic E-state index is 9.07. The first-order valence-electron chi connectivity index (χ1n) is 11.5. The van der Waals surface area contributed by atoms with Gasteiger partial charge < -0.3 is 24.8 Å². The zero-order valence-corrected chi connectivity index (χ0v) is 19.4.